The van der Waals surface area contributed by atoms with Gasteiger partial charge in [0.05, 0.1) is 5.92 Å². The number of carbonyl (C=O) groups excluding carboxylic acids is 1. The van der Waals surface area contributed by atoms with Gasteiger partial charge in [0.2, 0.25) is 5.91 Å². The summed E-state index contributed by atoms with van der Waals surface area (Å²) in [7, 11) is 2.01. The summed E-state index contributed by atoms with van der Waals surface area (Å²) in [5.74, 6) is 1.49. The largest absolute Gasteiger partial charge is 0.339 e. The van der Waals surface area contributed by atoms with Gasteiger partial charge in [-0.2, -0.15) is 0 Å². The van der Waals surface area contributed by atoms with E-state index < -0.39 is 0 Å². The minimum Gasteiger partial charge on any atom is -0.339 e. The lowest BCUT2D eigenvalue weighted by molar-refractivity contribution is -0.142. The molecule has 2 saturated heterocycles. The lowest BCUT2D eigenvalue weighted by Crippen LogP contribution is -2.54. The topological polar surface area (TPSA) is 57.3 Å². The van der Waals surface area contributed by atoms with E-state index in [-0.39, 0.29) is 11.3 Å². The van der Waals surface area contributed by atoms with Crippen molar-refractivity contribution in [2.75, 3.05) is 26.7 Å². The Morgan fingerprint density at radius 3 is 2.63 bits per heavy atom. The van der Waals surface area contributed by atoms with Gasteiger partial charge in [0.1, 0.15) is 0 Å². The average Bonchev–Trinajstić information content (AvgIpc) is 3.35. The molecule has 1 saturated carbocycles. The molecule has 2 aliphatic heterocycles. The summed E-state index contributed by atoms with van der Waals surface area (Å²) in [6.07, 6.45) is 9.54. The highest BCUT2D eigenvalue weighted by Crippen LogP contribution is 2.43. The number of piperidine rings is 1. The van der Waals surface area contributed by atoms with Crippen molar-refractivity contribution in [3.8, 4) is 0 Å². The van der Waals surface area contributed by atoms with Crippen LogP contribution in [0.2, 0.25) is 0 Å². The molecule has 3 heterocycles. The van der Waals surface area contributed by atoms with E-state index in [1.54, 1.807) is 0 Å². The van der Waals surface area contributed by atoms with E-state index in [1.807, 2.05) is 7.05 Å². The number of amides is 1. The maximum Gasteiger partial charge on any atom is 0.228 e. The van der Waals surface area contributed by atoms with Gasteiger partial charge in [-0.15, -0.1) is 0 Å². The second-order valence-electron chi connectivity index (χ2n) is 12.6. The molecule has 2 aromatic rings. The molecule has 1 aliphatic carbocycles. The molecule has 2 N–H and O–H groups in total. The summed E-state index contributed by atoms with van der Waals surface area (Å²) in [6, 6.07) is 16.1. The van der Waals surface area contributed by atoms with Crippen molar-refractivity contribution in [3.63, 3.8) is 0 Å². The summed E-state index contributed by atoms with van der Waals surface area (Å²) in [6.45, 7) is 9.03. The standard InChI is InChI=1S/C33H48N4O/c1-23-15-16-28(30(36-23)19-24(2)34-4)33(3)22-35-21-29(33)32(38)37-18-17-27(25-11-7-5-8-12-25)20-31(37)26-13-9-6-10-14-26/h5,7-8,11-12,15-16,24,26-27,29,31,34-35H,6,9-10,13-14,17-22H2,1-4H3. The van der Waals surface area contributed by atoms with Gasteiger partial charge in [-0.25, -0.2) is 0 Å². The second kappa shape index (κ2) is 11.9. The highest BCUT2D eigenvalue weighted by molar-refractivity contribution is 5.82. The predicted molar refractivity (Wildman–Crippen MR) is 155 cm³/mol. The zero-order chi connectivity index (χ0) is 26.7. The zero-order valence-electron chi connectivity index (χ0n) is 24.0. The van der Waals surface area contributed by atoms with Crippen LogP contribution in [0.5, 0.6) is 0 Å². The number of benzene rings is 1. The number of aryl methyl sites for hydroxylation is 1. The Bertz CT molecular complexity index is 1080. The number of carbonyl (C=O) groups is 1. The number of nitrogens with zero attached hydrogens (tertiary/aromatic N) is 2. The molecular weight excluding hydrogens is 468 g/mol. The van der Waals surface area contributed by atoms with E-state index in [2.05, 4.69) is 78.8 Å². The van der Waals surface area contributed by atoms with Crippen molar-refractivity contribution in [3.05, 3.63) is 65.0 Å². The van der Waals surface area contributed by atoms with Crippen molar-refractivity contribution < 1.29 is 4.79 Å². The lowest BCUT2D eigenvalue weighted by Gasteiger charge is -2.47. The van der Waals surface area contributed by atoms with Crippen molar-refractivity contribution in [1.29, 1.82) is 0 Å². The molecule has 206 valence electrons. The molecule has 0 spiro atoms. The molecule has 1 amide bonds. The number of nitrogens with one attached hydrogen (secondary N) is 2. The van der Waals surface area contributed by atoms with Crippen molar-refractivity contribution >= 4 is 5.91 Å². The van der Waals surface area contributed by atoms with Crippen LogP contribution in [-0.4, -0.2) is 54.6 Å². The highest BCUT2D eigenvalue weighted by atomic mass is 16.2. The maximum absolute atomic E-state index is 14.6. The molecule has 5 unspecified atom stereocenters. The van der Waals surface area contributed by atoms with E-state index >= 15 is 0 Å². The molecule has 5 nitrogen and oxygen atoms in total. The van der Waals surface area contributed by atoms with Crippen LogP contribution in [0.15, 0.2) is 42.5 Å². The number of hydrogen-bond donors (Lipinski definition) is 2. The number of aromatic nitrogens is 1. The van der Waals surface area contributed by atoms with Gasteiger partial charge in [-0.3, -0.25) is 9.78 Å². The fraction of sp³-hybridized carbons (Fsp3) is 0.636. The van der Waals surface area contributed by atoms with E-state index in [9.17, 15) is 4.79 Å². The van der Waals surface area contributed by atoms with Gasteiger partial charge < -0.3 is 15.5 Å². The molecule has 1 aromatic carbocycles. The average molecular weight is 517 g/mol. The van der Waals surface area contributed by atoms with Crippen LogP contribution in [0, 0.1) is 18.8 Å². The Balaban J connectivity index is 1.43. The second-order valence-corrected chi connectivity index (χ2v) is 12.6. The van der Waals surface area contributed by atoms with Gasteiger partial charge in [0.15, 0.2) is 0 Å². The van der Waals surface area contributed by atoms with E-state index in [4.69, 9.17) is 4.98 Å². The maximum atomic E-state index is 14.6. The molecule has 5 atom stereocenters. The van der Waals surface area contributed by atoms with Crippen LogP contribution >= 0.6 is 0 Å². The Labute approximate surface area is 230 Å². The first-order valence-corrected chi connectivity index (χ1v) is 15.1. The third-order valence-electron chi connectivity index (χ3n) is 10.0. The summed E-state index contributed by atoms with van der Waals surface area (Å²) < 4.78 is 0. The monoisotopic (exact) mass is 516 g/mol. The minimum absolute atomic E-state index is 0.0602. The van der Waals surface area contributed by atoms with E-state index in [1.165, 1.54) is 43.2 Å². The number of hydrogen-bond acceptors (Lipinski definition) is 4. The Morgan fingerprint density at radius 2 is 1.89 bits per heavy atom. The van der Waals surface area contributed by atoms with Crippen molar-refractivity contribution in [2.24, 2.45) is 11.8 Å². The van der Waals surface area contributed by atoms with Crippen molar-refractivity contribution in [1.82, 2.24) is 20.5 Å². The molecular formula is C33H48N4O. The van der Waals surface area contributed by atoms with Crippen LogP contribution in [0.3, 0.4) is 0 Å². The van der Waals surface area contributed by atoms with Crippen LogP contribution in [0.25, 0.3) is 0 Å². The van der Waals surface area contributed by atoms with E-state index in [0.717, 1.165) is 50.3 Å². The summed E-state index contributed by atoms with van der Waals surface area (Å²) in [5, 5.41) is 7.01. The van der Waals surface area contributed by atoms with Crippen molar-refractivity contribution in [2.45, 2.75) is 95.6 Å². The molecule has 0 bridgehead atoms. The van der Waals surface area contributed by atoms with Crippen LogP contribution in [0.4, 0.5) is 0 Å². The molecule has 0 radical (unpaired) electrons. The number of pyridine rings is 1. The summed E-state index contributed by atoms with van der Waals surface area (Å²) in [5.41, 5.74) is 4.63. The minimum atomic E-state index is -0.256. The number of likely N-dealkylation sites (N-methyl/N-ethyl adjacent to an activating group) is 1. The first-order valence-electron chi connectivity index (χ1n) is 15.1. The molecule has 5 rings (SSSR count). The van der Waals surface area contributed by atoms with E-state index in [0.29, 0.717) is 29.8 Å². The lowest BCUT2D eigenvalue weighted by atomic mass is 9.70. The number of rotatable bonds is 7. The van der Waals surface area contributed by atoms with Gasteiger partial charge in [-0.05, 0) is 75.6 Å². The normalized spacial score (nSPS) is 29.4. The Morgan fingerprint density at radius 1 is 1.13 bits per heavy atom. The SMILES string of the molecule is CNC(C)Cc1nc(C)ccc1C1(C)CNCC1C(=O)N1CCC(c2ccccc2)CC1C1CCCCC1. The summed E-state index contributed by atoms with van der Waals surface area (Å²) >= 11 is 0. The molecule has 3 aliphatic rings. The third kappa shape index (κ3) is 5.56. The predicted octanol–water partition coefficient (Wildman–Crippen LogP) is 5.37. The highest BCUT2D eigenvalue weighted by Gasteiger charge is 2.49. The fourth-order valence-corrected chi connectivity index (χ4v) is 7.61. The van der Waals surface area contributed by atoms with Gasteiger partial charge in [-0.1, -0.05) is 62.6 Å². The smallest absolute Gasteiger partial charge is 0.228 e. The molecule has 3 fully saturated rings. The first-order chi connectivity index (χ1) is 18.4. The molecule has 38 heavy (non-hydrogen) atoms. The number of likely N-dealkylation sites (tertiary alicyclic amines) is 1. The van der Waals surface area contributed by atoms with Crippen LogP contribution in [-0.2, 0) is 16.6 Å². The Kier molecular flexibility index (Phi) is 8.54. The Hall–Kier alpha value is -2.24. The first kappa shape index (κ1) is 27.3. The fourth-order valence-electron chi connectivity index (χ4n) is 7.61. The van der Waals surface area contributed by atoms with Crippen LogP contribution in [0.1, 0.15) is 87.2 Å². The zero-order valence-corrected chi connectivity index (χ0v) is 24.0. The third-order valence-corrected chi connectivity index (χ3v) is 10.0. The van der Waals surface area contributed by atoms with Gasteiger partial charge >= 0.3 is 0 Å². The molecule has 5 heteroatoms. The van der Waals surface area contributed by atoms with Gasteiger partial charge in [0, 0.05) is 54.9 Å². The van der Waals surface area contributed by atoms with Crippen LogP contribution < -0.4 is 10.6 Å². The summed E-state index contributed by atoms with van der Waals surface area (Å²) in [4.78, 5) is 21.9. The van der Waals surface area contributed by atoms with Gasteiger partial charge in [0.25, 0.3) is 0 Å². The quantitative estimate of drug-likeness (QED) is 0.519. The molecule has 1 aromatic heterocycles.